The topological polar surface area (TPSA) is 113 Å². The summed E-state index contributed by atoms with van der Waals surface area (Å²) in [4.78, 5) is 25.3. The molecule has 0 radical (unpaired) electrons. The Bertz CT molecular complexity index is 1790. The van der Waals surface area contributed by atoms with Gasteiger partial charge in [0, 0.05) is 12.1 Å². The smallest absolute Gasteiger partial charge is 0.312 e. The molecule has 7 aliphatic carbocycles. The van der Waals surface area contributed by atoms with Gasteiger partial charge < -0.3 is 15.7 Å². The van der Waals surface area contributed by atoms with Crippen molar-refractivity contribution in [2.75, 3.05) is 25.5 Å². The van der Waals surface area contributed by atoms with E-state index in [1.54, 1.807) is 0 Å². The van der Waals surface area contributed by atoms with Gasteiger partial charge in [-0.1, -0.05) is 58.9 Å². The Hall–Kier alpha value is -2.00. The number of sulfone groups is 1. The van der Waals surface area contributed by atoms with Crippen molar-refractivity contribution in [3.63, 3.8) is 0 Å². The van der Waals surface area contributed by atoms with Crippen LogP contribution in [0.15, 0.2) is 35.5 Å². The maximum absolute atomic E-state index is 14.0. The standard InChI is InChI=1S/C45H67FN2O5S/c1-27(2)30-12-19-45(48-24-37(49)47-23-34-31-22-29(31)25-54(34,52)53)21-20-42(6)33(38(30)45)8-9-36-41(5)15-13-32(40(3,4)35(41)14-16-43(36,42)7)28-10-17-44(26-46,18-11-28)39(50)51/h10,13,29-31,33-36,38,48H,1,8-9,11-12,14-26H2,2-7H3,(H,47,49)(H,50,51)/t29-,30-,31?,33+,34+,35-,36+,38+,41-,42+,43+,44-,45-/m0/s1. The molecule has 5 saturated carbocycles. The maximum Gasteiger partial charge on any atom is 0.312 e. The van der Waals surface area contributed by atoms with Crippen molar-refractivity contribution in [2.24, 2.45) is 68.5 Å². The van der Waals surface area contributed by atoms with Crippen LogP contribution in [0, 0.1) is 68.5 Å². The minimum absolute atomic E-state index is 0.0537. The Kier molecular flexibility index (Phi) is 9.17. The first-order valence-corrected chi connectivity index (χ1v) is 23.1. The second-order valence-electron chi connectivity index (χ2n) is 21.2. The average molecular weight is 767 g/mol. The van der Waals surface area contributed by atoms with Crippen molar-refractivity contribution in [3.8, 4) is 0 Å². The fraction of sp³-hybridized carbons (Fsp3) is 0.822. The first-order valence-electron chi connectivity index (χ1n) is 21.4. The summed E-state index contributed by atoms with van der Waals surface area (Å²) in [5.74, 6) is 2.20. The number of rotatable bonds is 9. The van der Waals surface area contributed by atoms with Crippen LogP contribution in [0.4, 0.5) is 4.39 Å². The van der Waals surface area contributed by atoms with E-state index in [0.717, 1.165) is 38.5 Å². The number of aliphatic carboxylic acids is 1. The number of hydrogen-bond acceptors (Lipinski definition) is 5. The van der Waals surface area contributed by atoms with Crippen LogP contribution >= 0.6 is 0 Å². The molecule has 0 aromatic heterocycles. The molecule has 1 aliphatic heterocycles. The number of fused-ring (bicyclic) bond motifs is 8. The van der Waals surface area contributed by atoms with Gasteiger partial charge in [-0.3, -0.25) is 9.59 Å². The van der Waals surface area contributed by atoms with Gasteiger partial charge in [0.15, 0.2) is 9.84 Å². The lowest BCUT2D eigenvalue weighted by molar-refractivity contribution is -0.221. The predicted octanol–water partition coefficient (Wildman–Crippen LogP) is 8.22. The third-order valence-electron chi connectivity index (χ3n) is 18.8. The Labute approximate surface area is 324 Å². The van der Waals surface area contributed by atoms with Crippen LogP contribution in [0.1, 0.15) is 125 Å². The molecule has 54 heavy (non-hydrogen) atoms. The van der Waals surface area contributed by atoms with Crippen molar-refractivity contribution in [2.45, 2.75) is 136 Å². The van der Waals surface area contributed by atoms with E-state index in [1.807, 2.05) is 0 Å². The average Bonchev–Trinajstić information content (AvgIpc) is 3.63. The highest BCUT2D eigenvalue weighted by molar-refractivity contribution is 7.92. The molecule has 0 aromatic carbocycles. The fourth-order valence-corrected chi connectivity index (χ4v) is 18.0. The Morgan fingerprint density at radius 3 is 2.33 bits per heavy atom. The highest BCUT2D eigenvalue weighted by Gasteiger charge is 2.70. The van der Waals surface area contributed by atoms with Crippen LogP contribution in [-0.4, -0.2) is 61.7 Å². The van der Waals surface area contributed by atoms with E-state index in [1.165, 1.54) is 42.4 Å². The van der Waals surface area contributed by atoms with Crippen molar-refractivity contribution >= 4 is 21.7 Å². The first-order chi connectivity index (χ1) is 25.3. The Morgan fingerprint density at radius 2 is 1.70 bits per heavy atom. The fourth-order valence-electron chi connectivity index (χ4n) is 15.5. The van der Waals surface area contributed by atoms with Crippen molar-refractivity contribution in [1.29, 1.82) is 0 Å². The monoisotopic (exact) mass is 766 g/mol. The van der Waals surface area contributed by atoms with Gasteiger partial charge in [0.05, 0.1) is 23.0 Å². The molecule has 9 heteroatoms. The number of hydrogen-bond donors (Lipinski definition) is 3. The minimum atomic E-state index is -3.10. The summed E-state index contributed by atoms with van der Waals surface area (Å²) < 4.78 is 39.2. The molecule has 1 saturated heterocycles. The number of halogens is 1. The van der Waals surface area contributed by atoms with Gasteiger partial charge in [-0.2, -0.15) is 0 Å². The van der Waals surface area contributed by atoms with Crippen LogP contribution in [0.5, 0.6) is 0 Å². The van der Waals surface area contributed by atoms with Crippen molar-refractivity contribution in [3.05, 3.63) is 35.5 Å². The van der Waals surface area contributed by atoms with Gasteiger partial charge in [-0.15, -0.1) is 0 Å². The third kappa shape index (κ3) is 5.48. The Balaban J connectivity index is 1.02. The maximum atomic E-state index is 14.0. The zero-order chi connectivity index (χ0) is 38.9. The summed E-state index contributed by atoms with van der Waals surface area (Å²) in [6.45, 7) is 19.1. The molecule has 1 amide bonds. The van der Waals surface area contributed by atoms with Gasteiger partial charge in [0.2, 0.25) is 5.91 Å². The van der Waals surface area contributed by atoms with Gasteiger partial charge in [-0.05, 0) is 165 Å². The van der Waals surface area contributed by atoms with Crippen LogP contribution < -0.4 is 10.6 Å². The summed E-state index contributed by atoms with van der Waals surface area (Å²) in [7, 11) is -3.10. The minimum Gasteiger partial charge on any atom is -0.481 e. The van der Waals surface area contributed by atoms with Crippen LogP contribution in [-0.2, 0) is 19.4 Å². The molecular weight excluding hydrogens is 700 g/mol. The van der Waals surface area contributed by atoms with Crippen molar-refractivity contribution < 1.29 is 27.5 Å². The second-order valence-corrected chi connectivity index (χ2v) is 23.5. The molecular formula is C45H67FN2O5S. The number of carbonyl (C=O) groups is 2. The second kappa shape index (κ2) is 12.8. The summed E-state index contributed by atoms with van der Waals surface area (Å²) in [6, 6.07) is 0. The Morgan fingerprint density at radius 1 is 0.944 bits per heavy atom. The highest BCUT2D eigenvalue weighted by atomic mass is 32.2. The van der Waals surface area contributed by atoms with Gasteiger partial charge in [0.25, 0.3) is 0 Å². The molecule has 3 N–H and O–H groups in total. The first kappa shape index (κ1) is 38.9. The molecule has 0 bridgehead atoms. The normalized spacial score (nSPS) is 48.1. The van der Waals surface area contributed by atoms with Gasteiger partial charge in [-0.25, -0.2) is 12.8 Å². The van der Waals surface area contributed by atoms with E-state index in [9.17, 15) is 27.5 Å². The van der Waals surface area contributed by atoms with E-state index in [-0.39, 0.29) is 64.3 Å². The molecule has 0 aromatic rings. The van der Waals surface area contributed by atoms with E-state index < -0.39 is 33.1 Å². The zero-order valence-corrected chi connectivity index (χ0v) is 34.7. The molecule has 1 unspecified atom stereocenters. The largest absolute Gasteiger partial charge is 0.481 e. The van der Waals surface area contributed by atoms with Crippen molar-refractivity contribution in [1.82, 2.24) is 10.6 Å². The van der Waals surface area contributed by atoms with Crippen LogP contribution in [0.25, 0.3) is 0 Å². The zero-order valence-electron chi connectivity index (χ0n) is 33.9. The van der Waals surface area contributed by atoms with Gasteiger partial charge in [0.1, 0.15) is 6.67 Å². The van der Waals surface area contributed by atoms with Gasteiger partial charge >= 0.3 is 5.97 Å². The SMILES string of the molecule is C=C(C)[C@@H]1CC[C@]2(NCC(=O)NC[C@@H]3C4C[C@H]4CS3(=O)=O)CC[C@]3(C)[C@H](CC[C@@H]4[C@@]5(C)CC=C(C6=CC[C@](CF)(C(=O)O)CC6)C(C)(C)[C@@H]5CC[C@]43C)[C@@H]12. The summed E-state index contributed by atoms with van der Waals surface area (Å²) >= 11 is 0. The quantitative estimate of drug-likeness (QED) is 0.204. The predicted molar refractivity (Wildman–Crippen MR) is 211 cm³/mol. The van der Waals surface area contributed by atoms with E-state index in [0.29, 0.717) is 48.3 Å². The van der Waals surface area contributed by atoms with E-state index in [2.05, 4.69) is 70.9 Å². The number of alkyl halides is 1. The molecule has 8 rings (SSSR count). The lowest BCUT2D eigenvalue weighted by Crippen LogP contribution is -2.68. The van der Waals surface area contributed by atoms with Crippen LogP contribution in [0.2, 0.25) is 0 Å². The number of nitrogens with one attached hydrogen (secondary N) is 2. The molecule has 6 fully saturated rings. The molecule has 8 aliphatic rings. The molecule has 0 spiro atoms. The number of carboxylic acid groups (broad SMARTS) is 1. The van der Waals surface area contributed by atoms with Crippen LogP contribution in [0.3, 0.4) is 0 Å². The number of allylic oxidation sites excluding steroid dienone is 5. The number of carbonyl (C=O) groups excluding carboxylic acids is 1. The van der Waals surface area contributed by atoms with E-state index >= 15 is 0 Å². The lowest BCUT2D eigenvalue weighted by Gasteiger charge is -2.72. The number of carboxylic acids is 1. The summed E-state index contributed by atoms with van der Waals surface area (Å²) in [5, 5.41) is 16.3. The molecule has 1 heterocycles. The number of amides is 1. The molecule has 13 atom stereocenters. The third-order valence-corrected chi connectivity index (χ3v) is 21.1. The summed E-state index contributed by atoms with van der Waals surface area (Å²) in [5.41, 5.74) is 2.92. The summed E-state index contributed by atoms with van der Waals surface area (Å²) in [6.07, 6.45) is 16.9. The van der Waals surface area contributed by atoms with E-state index in [4.69, 9.17) is 0 Å². The lowest BCUT2D eigenvalue weighted by atomic mass is 9.33. The molecule has 7 nitrogen and oxygen atoms in total. The molecule has 300 valence electrons. The highest BCUT2D eigenvalue weighted by Crippen LogP contribution is 2.76.